The van der Waals surface area contributed by atoms with Gasteiger partial charge in [0.2, 0.25) is 5.88 Å². The SMILES string of the molecule is CC(C)(C)OC(=O)N1CCC(Oc2ccnc(CO)n2)CC1. The number of aliphatic hydroxyl groups excluding tert-OH is 1. The second-order valence-corrected chi connectivity index (χ2v) is 6.25. The summed E-state index contributed by atoms with van der Waals surface area (Å²) in [6, 6.07) is 1.67. The van der Waals surface area contributed by atoms with Gasteiger partial charge >= 0.3 is 6.09 Å². The fourth-order valence-electron chi connectivity index (χ4n) is 2.18. The number of aromatic nitrogens is 2. The minimum absolute atomic E-state index is 0.000120. The third-order valence-electron chi connectivity index (χ3n) is 3.20. The zero-order chi connectivity index (χ0) is 16.2. The van der Waals surface area contributed by atoms with Crippen LogP contribution in [0.1, 0.15) is 39.4 Å². The predicted octanol–water partition coefficient (Wildman–Crippen LogP) is 1.75. The number of carbonyl (C=O) groups excluding carboxylic acids is 1. The first-order valence-corrected chi connectivity index (χ1v) is 7.45. The summed E-state index contributed by atoms with van der Waals surface area (Å²) in [4.78, 5) is 21.7. The van der Waals surface area contributed by atoms with E-state index in [0.717, 1.165) is 12.8 Å². The van der Waals surface area contributed by atoms with Gasteiger partial charge in [0, 0.05) is 38.2 Å². The molecule has 1 saturated heterocycles. The van der Waals surface area contributed by atoms with Crippen LogP contribution in [0.15, 0.2) is 12.3 Å². The highest BCUT2D eigenvalue weighted by Gasteiger charge is 2.27. The van der Waals surface area contributed by atoms with Crippen LogP contribution in [-0.4, -0.2) is 50.9 Å². The van der Waals surface area contributed by atoms with Crippen LogP contribution in [0.3, 0.4) is 0 Å². The summed E-state index contributed by atoms with van der Waals surface area (Å²) in [5, 5.41) is 9.02. The van der Waals surface area contributed by atoms with E-state index in [-0.39, 0.29) is 18.8 Å². The molecule has 7 nitrogen and oxygen atoms in total. The first-order valence-electron chi connectivity index (χ1n) is 7.45. The fourth-order valence-corrected chi connectivity index (χ4v) is 2.18. The third kappa shape index (κ3) is 4.84. The Balaban J connectivity index is 1.83. The molecule has 0 spiro atoms. The third-order valence-corrected chi connectivity index (χ3v) is 3.20. The number of ether oxygens (including phenoxy) is 2. The lowest BCUT2D eigenvalue weighted by Gasteiger charge is -2.33. The summed E-state index contributed by atoms with van der Waals surface area (Å²) in [6.45, 7) is 6.54. The molecule has 0 atom stereocenters. The number of hydrogen-bond donors (Lipinski definition) is 1. The van der Waals surface area contributed by atoms with E-state index in [1.54, 1.807) is 17.2 Å². The Labute approximate surface area is 130 Å². The number of carbonyl (C=O) groups is 1. The van der Waals surface area contributed by atoms with E-state index in [0.29, 0.717) is 24.8 Å². The van der Waals surface area contributed by atoms with Gasteiger partial charge in [0.15, 0.2) is 5.82 Å². The Morgan fingerprint density at radius 3 is 2.68 bits per heavy atom. The normalized spacial score (nSPS) is 16.5. The number of nitrogens with zero attached hydrogens (tertiary/aromatic N) is 3. The average Bonchev–Trinajstić information content (AvgIpc) is 2.46. The van der Waals surface area contributed by atoms with Crippen molar-refractivity contribution >= 4 is 6.09 Å². The van der Waals surface area contributed by atoms with Crippen molar-refractivity contribution in [3.8, 4) is 5.88 Å². The lowest BCUT2D eigenvalue weighted by atomic mass is 10.1. The van der Waals surface area contributed by atoms with Gasteiger partial charge in [-0.2, -0.15) is 4.98 Å². The monoisotopic (exact) mass is 309 g/mol. The van der Waals surface area contributed by atoms with E-state index >= 15 is 0 Å². The number of hydrogen-bond acceptors (Lipinski definition) is 6. The van der Waals surface area contributed by atoms with Crippen LogP contribution in [-0.2, 0) is 11.3 Å². The summed E-state index contributed by atoms with van der Waals surface area (Å²) in [6.07, 6.45) is 2.72. The highest BCUT2D eigenvalue weighted by molar-refractivity contribution is 5.68. The molecule has 22 heavy (non-hydrogen) atoms. The molecular weight excluding hydrogens is 286 g/mol. The summed E-state index contributed by atoms with van der Waals surface area (Å²) in [5.41, 5.74) is -0.480. The number of amides is 1. The quantitative estimate of drug-likeness (QED) is 0.915. The molecule has 0 radical (unpaired) electrons. The molecule has 1 aromatic heterocycles. The van der Waals surface area contributed by atoms with Crippen molar-refractivity contribution in [1.82, 2.24) is 14.9 Å². The van der Waals surface area contributed by atoms with Gasteiger partial charge in [0.1, 0.15) is 18.3 Å². The molecule has 1 aliphatic heterocycles. The Kier molecular flexibility index (Phi) is 5.18. The highest BCUT2D eigenvalue weighted by Crippen LogP contribution is 2.19. The van der Waals surface area contributed by atoms with Crippen LogP contribution >= 0.6 is 0 Å². The van der Waals surface area contributed by atoms with Gasteiger partial charge in [0.25, 0.3) is 0 Å². The molecule has 1 aliphatic rings. The standard InChI is InChI=1S/C15H23N3O4/c1-15(2,3)22-14(20)18-8-5-11(6-9-18)21-13-4-7-16-12(10-19)17-13/h4,7,11,19H,5-6,8-10H2,1-3H3. The molecule has 0 aromatic carbocycles. The molecule has 1 amide bonds. The maximum absolute atomic E-state index is 12.0. The van der Waals surface area contributed by atoms with Crippen molar-refractivity contribution in [1.29, 1.82) is 0 Å². The van der Waals surface area contributed by atoms with Gasteiger partial charge in [-0.3, -0.25) is 0 Å². The van der Waals surface area contributed by atoms with Gasteiger partial charge in [-0.1, -0.05) is 0 Å². The van der Waals surface area contributed by atoms with Crippen molar-refractivity contribution in [3.63, 3.8) is 0 Å². The molecule has 122 valence electrons. The van der Waals surface area contributed by atoms with E-state index in [2.05, 4.69) is 9.97 Å². The van der Waals surface area contributed by atoms with Gasteiger partial charge in [0.05, 0.1) is 0 Å². The van der Waals surface area contributed by atoms with E-state index in [9.17, 15) is 4.79 Å². The molecule has 7 heteroatoms. The van der Waals surface area contributed by atoms with Crippen LogP contribution < -0.4 is 4.74 Å². The highest BCUT2D eigenvalue weighted by atomic mass is 16.6. The number of likely N-dealkylation sites (tertiary alicyclic amines) is 1. The molecule has 2 rings (SSSR count). The summed E-state index contributed by atoms with van der Waals surface area (Å²) in [5.74, 6) is 0.790. The number of rotatable bonds is 3. The maximum Gasteiger partial charge on any atom is 0.410 e. The van der Waals surface area contributed by atoms with Crippen LogP contribution in [0.5, 0.6) is 5.88 Å². The molecule has 1 fully saturated rings. The largest absolute Gasteiger partial charge is 0.474 e. The predicted molar refractivity (Wildman–Crippen MR) is 79.4 cm³/mol. The molecular formula is C15H23N3O4. The summed E-state index contributed by atoms with van der Waals surface area (Å²) >= 11 is 0. The van der Waals surface area contributed by atoms with Crippen molar-refractivity contribution in [3.05, 3.63) is 18.1 Å². The average molecular weight is 309 g/mol. The van der Waals surface area contributed by atoms with Crippen LogP contribution in [0.25, 0.3) is 0 Å². The first kappa shape index (κ1) is 16.5. The second-order valence-electron chi connectivity index (χ2n) is 6.25. The molecule has 0 bridgehead atoms. The Bertz CT molecular complexity index is 508. The Hall–Kier alpha value is -1.89. The lowest BCUT2D eigenvalue weighted by Crippen LogP contribution is -2.44. The zero-order valence-electron chi connectivity index (χ0n) is 13.3. The minimum Gasteiger partial charge on any atom is -0.474 e. The minimum atomic E-state index is -0.480. The Morgan fingerprint density at radius 1 is 1.41 bits per heavy atom. The second kappa shape index (κ2) is 6.91. The molecule has 1 N–H and O–H groups in total. The Morgan fingerprint density at radius 2 is 2.09 bits per heavy atom. The molecule has 2 heterocycles. The van der Waals surface area contributed by atoms with Crippen molar-refractivity contribution in [2.45, 2.75) is 51.9 Å². The fraction of sp³-hybridized carbons (Fsp3) is 0.667. The number of aliphatic hydroxyl groups is 1. The van der Waals surface area contributed by atoms with Gasteiger partial charge in [-0.05, 0) is 20.8 Å². The maximum atomic E-state index is 12.0. The lowest BCUT2D eigenvalue weighted by molar-refractivity contribution is 0.0122. The van der Waals surface area contributed by atoms with Gasteiger partial charge < -0.3 is 19.5 Å². The van der Waals surface area contributed by atoms with E-state index in [1.807, 2.05) is 20.8 Å². The van der Waals surface area contributed by atoms with E-state index in [1.165, 1.54) is 0 Å². The zero-order valence-corrected chi connectivity index (χ0v) is 13.3. The summed E-state index contributed by atoms with van der Waals surface area (Å²) in [7, 11) is 0. The topological polar surface area (TPSA) is 84.8 Å². The van der Waals surface area contributed by atoms with Gasteiger partial charge in [-0.25, -0.2) is 9.78 Å². The first-order chi connectivity index (χ1) is 10.4. The number of piperidine rings is 1. The van der Waals surface area contributed by atoms with Crippen molar-refractivity contribution in [2.24, 2.45) is 0 Å². The molecule has 0 aliphatic carbocycles. The summed E-state index contributed by atoms with van der Waals surface area (Å²) < 4.78 is 11.1. The van der Waals surface area contributed by atoms with Crippen LogP contribution in [0, 0.1) is 0 Å². The van der Waals surface area contributed by atoms with Gasteiger partial charge in [-0.15, -0.1) is 0 Å². The molecule has 0 saturated carbocycles. The van der Waals surface area contributed by atoms with Crippen molar-refractivity contribution in [2.75, 3.05) is 13.1 Å². The van der Waals surface area contributed by atoms with Crippen LogP contribution in [0.4, 0.5) is 4.79 Å². The molecule has 0 unspecified atom stereocenters. The van der Waals surface area contributed by atoms with Crippen LogP contribution in [0.2, 0.25) is 0 Å². The van der Waals surface area contributed by atoms with E-state index in [4.69, 9.17) is 14.6 Å². The molecule has 1 aromatic rings. The van der Waals surface area contributed by atoms with Crippen molar-refractivity contribution < 1.29 is 19.4 Å². The van der Waals surface area contributed by atoms with E-state index < -0.39 is 5.60 Å². The smallest absolute Gasteiger partial charge is 0.410 e.